The van der Waals surface area contributed by atoms with E-state index in [0.29, 0.717) is 48.2 Å². The molecule has 0 N–H and O–H groups in total. The molecule has 1 spiro atoms. The maximum Gasteiger partial charge on any atom is 0.339 e. The molecule has 2 aromatic carbocycles. The number of ether oxygens (including phenoxy) is 1. The average molecular weight is 535 g/mol. The molecule has 3 aliphatic rings. The summed E-state index contributed by atoms with van der Waals surface area (Å²) in [4.78, 5) is 32.9. The molecule has 194 valence electrons. The van der Waals surface area contributed by atoms with Gasteiger partial charge >= 0.3 is 5.97 Å². The summed E-state index contributed by atoms with van der Waals surface area (Å²) in [5.74, 6) is -0.457. The van der Waals surface area contributed by atoms with Crippen molar-refractivity contribution in [3.63, 3.8) is 0 Å². The van der Waals surface area contributed by atoms with Crippen LogP contribution in [0.2, 0.25) is 18.1 Å². The number of likely N-dealkylation sites (tertiary alicyclic amines) is 1. The molecule has 1 saturated heterocycles. The van der Waals surface area contributed by atoms with Gasteiger partial charge in [-0.3, -0.25) is 4.79 Å². The molecule has 5 rings (SSSR count). The van der Waals surface area contributed by atoms with Crippen LogP contribution in [0.5, 0.6) is 0 Å². The second kappa shape index (κ2) is 9.56. The minimum Gasteiger partial charge on any atom is -0.450 e. The molecule has 0 unspecified atom stereocenters. The molecule has 1 fully saturated rings. The summed E-state index contributed by atoms with van der Waals surface area (Å²) in [5, 5.41) is 0.785. The molecule has 3 heterocycles. The number of carbonyl (C=O) groups excluding carboxylic acids is 2. The molecule has 0 radical (unpaired) electrons. The van der Waals surface area contributed by atoms with Crippen molar-refractivity contribution in [3.05, 3.63) is 76.2 Å². The topological polar surface area (TPSA) is 68.2 Å². The number of amidine groups is 1. The van der Waals surface area contributed by atoms with E-state index in [1.54, 1.807) is 0 Å². The Morgan fingerprint density at radius 3 is 2.38 bits per heavy atom. The number of fused-ring (bicyclic) bond motifs is 2. The second-order valence-electron chi connectivity index (χ2n) is 11.4. The number of aliphatic imine (C=N–C) groups is 1. The van der Waals surface area contributed by atoms with Gasteiger partial charge in [-0.25, -0.2) is 4.79 Å². The van der Waals surface area contributed by atoms with Crippen LogP contribution in [-0.2, 0) is 19.6 Å². The molecule has 0 bridgehead atoms. The van der Waals surface area contributed by atoms with E-state index in [2.05, 4.69) is 43.8 Å². The Balaban J connectivity index is 1.35. The third kappa shape index (κ3) is 4.82. The first kappa shape index (κ1) is 25.9. The lowest BCUT2D eigenvalue weighted by Crippen LogP contribution is -2.44. The van der Waals surface area contributed by atoms with E-state index in [0.717, 1.165) is 16.7 Å². The number of hydrogen-bond acceptors (Lipinski definition) is 6. The van der Waals surface area contributed by atoms with Gasteiger partial charge in [0.15, 0.2) is 13.5 Å². The molecule has 0 atom stereocenters. The molecular formula is C29H34N2O4SSi. The van der Waals surface area contributed by atoms with Crippen molar-refractivity contribution >= 4 is 42.7 Å². The molecule has 6 nitrogen and oxygen atoms in total. The maximum atomic E-state index is 13.2. The highest BCUT2D eigenvalue weighted by Crippen LogP contribution is 2.45. The summed E-state index contributed by atoms with van der Waals surface area (Å²) in [6.45, 7) is 12.8. The normalized spacial score (nSPS) is 20.7. The summed E-state index contributed by atoms with van der Waals surface area (Å²) in [6, 6.07) is 17.7. The first-order valence-corrected chi connectivity index (χ1v) is 16.5. The van der Waals surface area contributed by atoms with E-state index in [4.69, 9.17) is 9.16 Å². The van der Waals surface area contributed by atoms with Gasteiger partial charge in [0.05, 0.1) is 17.1 Å². The van der Waals surface area contributed by atoms with Crippen LogP contribution in [0.1, 0.15) is 55.1 Å². The van der Waals surface area contributed by atoms with Gasteiger partial charge in [-0.2, -0.15) is 4.99 Å². The van der Waals surface area contributed by atoms with Crippen LogP contribution in [0.15, 0.2) is 64.5 Å². The Labute approximate surface area is 224 Å². The van der Waals surface area contributed by atoms with E-state index in [-0.39, 0.29) is 16.9 Å². The van der Waals surface area contributed by atoms with Crippen LogP contribution in [0.4, 0.5) is 0 Å². The summed E-state index contributed by atoms with van der Waals surface area (Å²) < 4.78 is 12.5. The third-order valence-corrected chi connectivity index (χ3v) is 13.8. The molecule has 8 heteroatoms. The van der Waals surface area contributed by atoms with Crippen molar-refractivity contribution in [2.24, 2.45) is 4.99 Å². The van der Waals surface area contributed by atoms with Gasteiger partial charge in [0, 0.05) is 37.1 Å². The van der Waals surface area contributed by atoms with Gasteiger partial charge < -0.3 is 14.1 Å². The monoisotopic (exact) mass is 534 g/mol. The molecule has 37 heavy (non-hydrogen) atoms. The number of benzene rings is 2. The predicted molar refractivity (Wildman–Crippen MR) is 151 cm³/mol. The predicted octanol–water partition coefficient (Wildman–Crippen LogP) is 6.21. The standard InChI is InChI=1S/C29H34N2O4SSi/c1-28(2,3)37(4,5)34-19-22(20-11-7-6-8-12-20)24-25(32)30-27(36-24)31-17-15-29(16-18-31)23-14-10-9-13-21(23)26(33)35-29/h6-14H,15-19H2,1-5H3/b24-22+. The fourth-order valence-electron chi connectivity index (χ4n) is 4.79. The quantitative estimate of drug-likeness (QED) is 0.264. The summed E-state index contributed by atoms with van der Waals surface area (Å²) >= 11 is 1.44. The largest absolute Gasteiger partial charge is 0.450 e. The zero-order valence-corrected chi connectivity index (χ0v) is 24.0. The van der Waals surface area contributed by atoms with Crippen LogP contribution in [0, 0.1) is 0 Å². The van der Waals surface area contributed by atoms with Crippen LogP contribution < -0.4 is 0 Å². The Morgan fingerprint density at radius 1 is 1.05 bits per heavy atom. The Morgan fingerprint density at radius 2 is 1.70 bits per heavy atom. The van der Waals surface area contributed by atoms with E-state index in [1.165, 1.54) is 11.8 Å². The Bertz CT molecular complexity index is 1290. The lowest BCUT2D eigenvalue weighted by molar-refractivity contribution is -0.113. The average Bonchev–Trinajstić information content (AvgIpc) is 3.37. The molecule has 2 aromatic rings. The van der Waals surface area contributed by atoms with Gasteiger partial charge in [0.2, 0.25) is 0 Å². The highest BCUT2D eigenvalue weighted by molar-refractivity contribution is 8.18. The maximum absolute atomic E-state index is 13.2. The van der Waals surface area contributed by atoms with E-state index >= 15 is 0 Å². The van der Waals surface area contributed by atoms with Crippen LogP contribution in [-0.4, -0.2) is 50.0 Å². The SMILES string of the molecule is CC(C)(C)[Si](C)(C)OC/C(=C1\SC(N2CCC3(CC2)OC(=O)c2ccccc23)=NC1=O)c1ccccc1. The molecule has 3 aliphatic heterocycles. The van der Waals surface area contributed by atoms with Crippen molar-refractivity contribution in [2.45, 2.75) is 57.3 Å². The number of piperidine rings is 1. The van der Waals surface area contributed by atoms with Crippen LogP contribution >= 0.6 is 11.8 Å². The highest BCUT2D eigenvalue weighted by Gasteiger charge is 2.48. The number of amides is 1. The van der Waals surface area contributed by atoms with Crippen molar-refractivity contribution in [3.8, 4) is 0 Å². The van der Waals surface area contributed by atoms with Crippen molar-refractivity contribution in [1.82, 2.24) is 4.90 Å². The van der Waals surface area contributed by atoms with Crippen molar-refractivity contribution < 1.29 is 18.8 Å². The number of rotatable bonds is 4. The fraction of sp³-hybridized carbons (Fsp3) is 0.414. The first-order valence-electron chi connectivity index (χ1n) is 12.8. The number of hydrogen-bond donors (Lipinski definition) is 0. The summed E-state index contributed by atoms with van der Waals surface area (Å²) in [7, 11) is -2.02. The highest BCUT2D eigenvalue weighted by atomic mass is 32.2. The van der Waals surface area contributed by atoms with E-state index < -0.39 is 13.9 Å². The fourth-order valence-corrected chi connectivity index (χ4v) is 6.78. The van der Waals surface area contributed by atoms with Gasteiger partial charge in [0.25, 0.3) is 5.91 Å². The third-order valence-electron chi connectivity index (χ3n) is 8.13. The van der Waals surface area contributed by atoms with Gasteiger partial charge in [-0.1, -0.05) is 69.3 Å². The number of nitrogens with zero attached hydrogens (tertiary/aromatic N) is 2. The molecule has 0 saturated carbocycles. The van der Waals surface area contributed by atoms with Crippen molar-refractivity contribution in [2.75, 3.05) is 19.7 Å². The van der Waals surface area contributed by atoms with Gasteiger partial charge in [-0.05, 0) is 41.5 Å². The minimum atomic E-state index is -2.02. The molecule has 0 aromatic heterocycles. The van der Waals surface area contributed by atoms with E-state index in [1.807, 2.05) is 54.6 Å². The van der Waals surface area contributed by atoms with Gasteiger partial charge in [0.1, 0.15) is 5.60 Å². The number of carbonyl (C=O) groups is 2. The smallest absolute Gasteiger partial charge is 0.339 e. The number of esters is 1. The Kier molecular flexibility index (Phi) is 6.71. The lowest BCUT2D eigenvalue weighted by Gasteiger charge is -2.39. The lowest BCUT2D eigenvalue weighted by atomic mass is 9.84. The van der Waals surface area contributed by atoms with Crippen LogP contribution in [0.25, 0.3) is 5.57 Å². The first-order chi connectivity index (χ1) is 17.5. The van der Waals surface area contributed by atoms with Crippen LogP contribution in [0.3, 0.4) is 0 Å². The minimum absolute atomic E-state index is 0.0695. The second-order valence-corrected chi connectivity index (χ2v) is 17.2. The molecule has 1 amide bonds. The summed E-state index contributed by atoms with van der Waals surface area (Å²) in [5.41, 5.74) is 2.94. The molecular weight excluding hydrogens is 500 g/mol. The summed E-state index contributed by atoms with van der Waals surface area (Å²) in [6.07, 6.45) is 1.34. The number of thioether (sulfide) groups is 1. The zero-order chi connectivity index (χ0) is 26.4. The molecule has 0 aliphatic carbocycles. The van der Waals surface area contributed by atoms with Gasteiger partial charge in [-0.15, -0.1) is 0 Å². The zero-order valence-electron chi connectivity index (χ0n) is 22.2. The van der Waals surface area contributed by atoms with Crippen molar-refractivity contribution in [1.29, 1.82) is 0 Å². The Hall–Kier alpha value is -2.68. The van der Waals surface area contributed by atoms with E-state index in [9.17, 15) is 9.59 Å².